The first kappa shape index (κ1) is 14.9. The Morgan fingerprint density at radius 1 is 1.50 bits per heavy atom. The van der Waals surface area contributed by atoms with Crippen LogP contribution in [0.25, 0.3) is 0 Å². The molecule has 1 aromatic rings. The van der Waals surface area contributed by atoms with Crippen molar-refractivity contribution < 1.29 is 4.74 Å². The van der Waals surface area contributed by atoms with Crippen LogP contribution >= 0.6 is 11.8 Å². The number of aryl methyl sites for hydroxylation is 1. The van der Waals surface area contributed by atoms with E-state index >= 15 is 0 Å². The van der Waals surface area contributed by atoms with Crippen molar-refractivity contribution in [2.24, 2.45) is 0 Å². The summed E-state index contributed by atoms with van der Waals surface area (Å²) in [6, 6.07) is 0. The van der Waals surface area contributed by atoms with Crippen LogP contribution in [0.5, 0.6) is 5.75 Å². The normalized spacial score (nSPS) is 10.1. The SMILES string of the molecule is C#CCSCCNCc1ncc(C)c(OC)c1C. The quantitative estimate of drug-likeness (QED) is 0.604. The third-order valence-electron chi connectivity index (χ3n) is 2.65. The predicted molar refractivity (Wildman–Crippen MR) is 78.1 cm³/mol. The van der Waals surface area contributed by atoms with E-state index in [1.165, 1.54) is 0 Å². The maximum atomic E-state index is 5.38. The Labute approximate surface area is 114 Å². The van der Waals surface area contributed by atoms with Gasteiger partial charge in [0.1, 0.15) is 5.75 Å². The van der Waals surface area contributed by atoms with Gasteiger partial charge in [-0.05, 0) is 13.8 Å². The Bertz CT molecular complexity index is 427. The van der Waals surface area contributed by atoms with Crippen LogP contribution in [-0.2, 0) is 6.54 Å². The molecule has 1 rings (SSSR count). The van der Waals surface area contributed by atoms with Gasteiger partial charge in [0.15, 0.2) is 0 Å². The first-order valence-electron chi connectivity index (χ1n) is 5.91. The van der Waals surface area contributed by atoms with Crippen LogP contribution in [0.1, 0.15) is 16.8 Å². The van der Waals surface area contributed by atoms with Gasteiger partial charge in [0.05, 0.1) is 18.6 Å². The fourth-order valence-electron chi connectivity index (χ4n) is 1.73. The van der Waals surface area contributed by atoms with Gasteiger partial charge in [0, 0.05) is 36.2 Å². The van der Waals surface area contributed by atoms with Gasteiger partial charge in [-0.3, -0.25) is 4.98 Å². The Kier molecular flexibility index (Phi) is 6.63. The molecule has 0 unspecified atom stereocenters. The van der Waals surface area contributed by atoms with Crippen LogP contribution in [-0.4, -0.2) is 30.1 Å². The van der Waals surface area contributed by atoms with Crippen LogP contribution in [0.4, 0.5) is 0 Å². The molecule has 4 heteroatoms. The summed E-state index contributed by atoms with van der Waals surface area (Å²) in [6.45, 7) is 5.75. The summed E-state index contributed by atoms with van der Waals surface area (Å²) >= 11 is 1.76. The number of nitrogens with zero attached hydrogens (tertiary/aromatic N) is 1. The zero-order valence-corrected chi connectivity index (χ0v) is 12.1. The van der Waals surface area contributed by atoms with E-state index in [0.717, 1.165) is 47.2 Å². The number of thioether (sulfide) groups is 1. The van der Waals surface area contributed by atoms with Crippen molar-refractivity contribution in [1.29, 1.82) is 0 Å². The van der Waals surface area contributed by atoms with Gasteiger partial charge in [0.25, 0.3) is 0 Å². The summed E-state index contributed by atoms with van der Waals surface area (Å²) in [5.74, 6) is 5.34. The van der Waals surface area contributed by atoms with E-state index in [0.29, 0.717) is 0 Å². The molecule has 18 heavy (non-hydrogen) atoms. The molecule has 0 bridgehead atoms. The highest BCUT2D eigenvalue weighted by molar-refractivity contribution is 7.99. The van der Waals surface area contributed by atoms with Crippen molar-refractivity contribution in [1.82, 2.24) is 10.3 Å². The molecular formula is C14H20N2OS. The lowest BCUT2D eigenvalue weighted by Gasteiger charge is -2.12. The van der Waals surface area contributed by atoms with Gasteiger partial charge in [-0.1, -0.05) is 5.92 Å². The number of hydrogen-bond donors (Lipinski definition) is 1. The molecule has 0 saturated heterocycles. The molecule has 98 valence electrons. The molecule has 0 amide bonds. The van der Waals surface area contributed by atoms with E-state index in [9.17, 15) is 0 Å². The summed E-state index contributed by atoms with van der Waals surface area (Å²) < 4.78 is 5.38. The molecule has 0 radical (unpaired) electrons. The number of methoxy groups -OCH3 is 1. The summed E-state index contributed by atoms with van der Waals surface area (Å²) in [6.07, 6.45) is 7.04. The molecule has 1 heterocycles. The van der Waals surface area contributed by atoms with Crippen molar-refractivity contribution in [3.05, 3.63) is 23.0 Å². The second-order valence-electron chi connectivity index (χ2n) is 3.98. The number of ether oxygens (including phenoxy) is 1. The first-order chi connectivity index (χ1) is 8.70. The maximum Gasteiger partial charge on any atom is 0.128 e. The fourth-order valence-corrected chi connectivity index (χ4v) is 2.28. The van der Waals surface area contributed by atoms with E-state index in [-0.39, 0.29) is 0 Å². The third kappa shape index (κ3) is 4.25. The summed E-state index contributed by atoms with van der Waals surface area (Å²) in [5.41, 5.74) is 3.23. The lowest BCUT2D eigenvalue weighted by Crippen LogP contribution is -2.18. The average molecular weight is 264 g/mol. The van der Waals surface area contributed by atoms with Crippen LogP contribution in [0, 0.1) is 26.2 Å². The van der Waals surface area contributed by atoms with E-state index < -0.39 is 0 Å². The highest BCUT2D eigenvalue weighted by Gasteiger charge is 2.08. The minimum absolute atomic E-state index is 0.763. The second kappa shape index (κ2) is 8.02. The van der Waals surface area contributed by atoms with Gasteiger partial charge < -0.3 is 10.1 Å². The molecular weight excluding hydrogens is 244 g/mol. The van der Waals surface area contributed by atoms with Crippen LogP contribution in [0.15, 0.2) is 6.20 Å². The van der Waals surface area contributed by atoms with E-state index in [4.69, 9.17) is 11.2 Å². The number of aromatic nitrogens is 1. The molecule has 3 nitrogen and oxygen atoms in total. The molecule has 1 N–H and O–H groups in total. The van der Waals surface area contributed by atoms with E-state index in [1.807, 2.05) is 20.0 Å². The standard InChI is InChI=1S/C14H20N2OS/c1-5-7-18-8-6-15-10-13-12(3)14(17-4)11(2)9-16-13/h1,9,15H,6-8,10H2,2-4H3. The summed E-state index contributed by atoms with van der Waals surface area (Å²) in [5, 5.41) is 3.36. The zero-order chi connectivity index (χ0) is 13.4. The Balaban J connectivity index is 2.46. The molecule has 0 aromatic carbocycles. The molecule has 0 aliphatic heterocycles. The Morgan fingerprint density at radius 2 is 2.28 bits per heavy atom. The average Bonchev–Trinajstić information content (AvgIpc) is 2.36. The van der Waals surface area contributed by atoms with Gasteiger partial charge in [-0.15, -0.1) is 18.2 Å². The smallest absolute Gasteiger partial charge is 0.128 e. The van der Waals surface area contributed by atoms with Gasteiger partial charge in [-0.25, -0.2) is 0 Å². The first-order valence-corrected chi connectivity index (χ1v) is 7.07. The van der Waals surface area contributed by atoms with Gasteiger partial charge in [0.2, 0.25) is 0 Å². The van der Waals surface area contributed by atoms with Crippen molar-refractivity contribution in [2.75, 3.05) is 25.2 Å². The molecule has 0 saturated carbocycles. The summed E-state index contributed by atoms with van der Waals surface area (Å²) in [4.78, 5) is 4.44. The number of hydrogen-bond acceptors (Lipinski definition) is 4. The Hall–Kier alpha value is -1.18. The molecule has 0 aliphatic carbocycles. The predicted octanol–water partition coefficient (Wildman–Crippen LogP) is 2.16. The minimum Gasteiger partial charge on any atom is -0.496 e. The van der Waals surface area contributed by atoms with Crippen LogP contribution < -0.4 is 10.1 Å². The minimum atomic E-state index is 0.763. The number of rotatable bonds is 7. The lowest BCUT2D eigenvalue weighted by atomic mass is 10.1. The fraction of sp³-hybridized carbons (Fsp3) is 0.500. The van der Waals surface area contributed by atoms with Crippen LogP contribution in [0.3, 0.4) is 0 Å². The highest BCUT2D eigenvalue weighted by Crippen LogP contribution is 2.23. The van der Waals surface area contributed by atoms with E-state index in [1.54, 1.807) is 18.9 Å². The summed E-state index contributed by atoms with van der Waals surface area (Å²) in [7, 11) is 1.70. The molecule has 0 atom stereocenters. The molecule has 0 spiro atoms. The number of nitrogens with one attached hydrogen (secondary N) is 1. The molecule has 1 aromatic heterocycles. The van der Waals surface area contributed by atoms with E-state index in [2.05, 4.69) is 16.2 Å². The highest BCUT2D eigenvalue weighted by atomic mass is 32.2. The van der Waals surface area contributed by atoms with Crippen molar-refractivity contribution in [3.63, 3.8) is 0 Å². The van der Waals surface area contributed by atoms with Gasteiger partial charge in [-0.2, -0.15) is 0 Å². The third-order valence-corrected chi connectivity index (χ3v) is 3.51. The lowest BCUT2D eigenvalue weighted by molar-refractivity contribution is 0.406. The van der Waals surface area contributed by atoms with Crippen molar-refractivity contribution in [2.45, 2.75) is 20.4 Å². The molecule has 0 fully saturated rings. The zero-order valence-electron chi connectivity index (χ0n) is 11.2. The van der Waals surface area contributed by atoms with Gasteiger partial charge >= 0.3 is 0 Å². The van der Waals surface area contributed by atoms with Crippen molar-refractivity contribution >= 4 is 11.8 Å². The topological polar surface area (TPSA) is 34.2 Å². The maximum absolute atomic E-state index is 5.38. The monoisotopic (exact) mass is 264 g/mol. The number of terminal acetylenes is 1. The Morgan fingerprint density at radius 3 is 2.94 bits per heavy atom. The van der Waals surface area contributed by atoms with Crippen LogP contribution in [0.2, 0.25) is 0 Å². The second-order valence-corrected chi connectivity index (χ2v) is 5.08. The van der Waals surface area contributed by atoms with Crippen molar-refractivity contribution in [3.8, 4) is 18.1 Å². The molecule has 0 aliphatic rings. The number of pyridine rings is 1. The largest absolute Gasteiger partial charge is 0.496 e.